The van der Waals surface area contributed by atoms with E-state index in [2.05, 4.69) is 20.3 Å². The van der Waals surface area contributed by atoms with Crippen LogP contribution < -0.4 is 10.9 Å². The number of nitrogens with zero attached hydrogens (tertiary/aromatic N) is 3. The van der Waals surface area contributed by atoms with E-state index in [1.165, 1.54) is 0 Å². The van der Waals surface area contributed by atoms with Crippen molar-refractivity contribution >= 4 is 5.91 Å². The lowest BCUT2D eigenvalue weighted by Gasteiger charge is -2.31. The van der Waals surface area contributed by atoms with Gasteiger partial charge >= 0.3 is 0 Å². The second kappa shape index (κ2) is 9.16. The molecule has 3 heterocycles. The smallest absolute Gasteiger partial charge is 0.261 e. The Morgan fingerprint density at radius 1 is 1.39 bits per heavy atom. The van der Waals surface area contributed by atoms with Gasteiger partial charge in [0, 0.05) is 37.6 Å². The predicted octanol–water partition coefficient (Wildman–Crippen LogP) is 0.823. The first-order valence-electron chi connectivity index (χ1n) is 9.81. The number of pyridine rings is 1. The van der Waals surface area contributed by atoms with Crippen molar-refractivity contribution in [1.29, 1.82) is 0 Å². The van der Waals surface area contributed by atoms with Crippen LogP contribution in [0.3, 0.4) is 0 Å². The summed E-state index contributed by atoms with van der Waals surface area (Å²) in [6.45, 7) is 7.45. The van der Waals surface area contributed by atoms with Crippen LogP contribution in [0, 0.1) is 19.8 Å². The van der Waals surface area contributed by atoms with Gasteiger partial charge in [-0.3, -0.25) is 19.2 Å². The first-order valence-corrected chi connectivity index (χ1v) is 9.81. The second-order valence-electron chi connectivity index (χ2n) is 7.56. The zero-order valence-electron chi connectivity index (χ0n) is 16.6. The first kappa shape index (κ1) is 20.3. The van der Waals surface area contributed by atoms with Gasteiger partial charge in [-0.1, -0.05) is 0 Å². The molecule has 0 aliphatic carbocycles. The molecule has 0 radical (unpaired) electrons. The van der Waals surface area contributed by atoms with Gasteiger partial charge in [0.05, 0.1) is 12.2 Å². The molecule has 1 saturated heterocycles. The second-order valence-corrected chi connectivity index (χ2v) is 7.56. The Kier molecular flexibility index (Phi) is 6.64. The van der Waals surface area contributed by atoms with E-state index in [0.717, 1.165) is 43.0 Å². The third kappa shape index (κ3) is 5.08. The summed E-state index contributed by atoms with van der Waals surface area (Å²) in [6.07, 6.45) is 2.09. The van der Waals surface area contributed by atoms with E-state index in [9.17, 15) is 14.7 Å². The maximum atomic E-state index is 12.3. The lowest BCUT2D eigenvalue weighted by Crippen LogP contribution is -2.37. The van der Waals surface area contributed by atoms with Crippen molar-refractivity contribution in [2.45, 2.75) is 39.8 Å². The van der Waals surface area contributed by atoms with Crippen LogP contribution in [0.15, 0.2) is 23.0 Å². The number of aromatic amines is 1. The fourth-order valence-corrected chi connectivity index (χ4v) is 3.74. The number of H-pyrrole nitrogens is 1. The summed E-state index contributed by atoms with van der Waals surface area (Å²) >= 11 is 0. The van der Waals surface area contributed by atoms with Crippen molar-refractivity contribution in [3.63, 3.8) is 0 Å². The molecule has 1 unspecified atom stereocenters. The molecule has 1 aliphatic heterocycles. The summed E-state index contributed by atoms with van der Waals surface area (Å²) in [5.41, 5.74) is 2.49. The Labute approximate surface area is 164 Å². The Balaban J connectivity index is 1.55. The first-order chi connectivity index (χ1) is 13.5. The quantitative estimate of drug-likeness (QED) is 0.653. The van der Waals surface area contributed by atoms with Crippen LogP contribution in [0.1, 0.15) is 40.3 Å². The molecule has 1 fully saturated rings. The lowest BCUT2D eigenvalue weighted by atomic mass is 9.99. The van der Waals surface area contributed by atoms with Crippen molar-refractivity contribution in [2.75, 3.05) is 26.2 Å². The summed E-state index contributed by atoms with van der Waals surface area (Å²) in [5.74, 6) is -0.0830. The van der Waals surface area contributed by atoms with E-state index >= 15 is 0 Å². The molecule has 1 atom stereocenters. The number of aliphatic hydroxyl groups is 1. The van der Waals surface area contributed by atoms with E-state index in [-0.39, 0.29) is 23.6 Å². The van der Waals surface area contributed by atoms with Crippen LogP contribution in [0.5, 0.6) is 0 Å². The van der Waals surface area contributed by atoms with Gasteiger partial charge in [0.15, 0.2) is 0 Å². The normalized spacial score (nSPS) is 17.6. The highest BCUT2D eigenvalue weighted by molar-refractivity contribution is 5.93. The number of piperidine rings is 1. The molecule has 28 heavy (non-hydrogen) atoms. The predicted molar refractivity (Wildman–Crippen MR) is 106 cm³/mol. The van der Waals surface area contributed by atoms with E-state index in [0.29, 0.717) is 25.6 Å². The Hall–Kier alpha value is -2.45. The average molecular weight is 387 g/mol. The Morgan fingerprint density at radius 3 is 2.89 bits per heavy atom. The number of aliphatic hydroxyl groups excluding tert-OH is 1. The van der Waals surface area contributed by atoms with E-state index in [1.54, 1.807) is 12.1 Å². The molecule has 3 N–H and O–H groups in total. The van der Waals surface area contributed by atoms with Gasteiger partial charge in [-0.25, -0.2) is 0 Å². The molecule has 8 nitrogen and oxygen atoms in total. The summed E-state index contributed by atoms with van der Waals surface area (Å²) < 4.78 is 1.83. The number of aromatic nitrogens is 3. The van der Waals surface area contributed by atoms with Gasteiger partial charge in [0.25, 0.3) is 11.5 Å². The number of likely N-dealkylation sites (tertiary alicyclic amines) is 1. The maximum absolute atomic E-state index is 12.3. The molecule has 2 aromatic heterocycles. The van der Waals surface area contributed by atoms with Gasteiger partial charge in [-0.2, -0.15) is 5.10 Å². The topological polar surface area (TPSA) is 103 Å². The lowest BCUT2D eigenvalue weighted by molar-refractivity contribution is 0.0950. The Morgan fingerprint density at radius 2 is 2.21 bits per heavy atom. The average Bonchev–Trinajstić information content (AvgIpc) is 2.99. The summed E-state index contributed by atoms with van der Waals surface area (Å²) in [7, 11) is 0. The summed E-state index contributed by atoms with van der Waals surface area (Å²) in [5, 5.41) is 16.5. The molecular weight excluding hydrogens is 358 g/mol. The Bertz CT molecular complexity index is 873. The standard InChI is InChI=1S/C20H29N5O3/c1-14-10-15(2)25(23-14)9-7-21-19(27)18-6-5-17(22-20(18)28)12-24-8-3-4-16(11-24)13-26/h5-6,10,16,26H,3-4,7-9,11-13H2,1-2H3,(H,21,27)(H,22,28). The molecule has 152 valence electrons. The molecule has 0 spiro atoms. The number of hydrogen-bond donors (Lipinski definition) is 3. The maximum Gasteiger partial charge on any atom is 0.261 e. The van der Waals surface area contributed by atoms with Crippen molar-refractivity contribution in [2.24, 2.45) is 5.92 Å². The van der Waals surface area contributed by atoms with Crippen molar-refractivity contribution in [3.05, 3.63) is 51.2 Å². The third-order valence-corrected chi connectivity index (χ3v) is 5.18. The van der Waals surface area contributed by atoms with Gasteiger partial charge in [-0.05, 0) is 57.4 Å². The van der Waals surface area contributed by atoms with Gasteiger partial charge < -0.3 is 15.4 Å². The summed E-state index contributed by atoms with van der Waals surface area (Å²) in [6, 6.07) is 5.36. The summed E-state index contributed by atoms with van der Waals surface area (Å²) in [4.78, 5) is 29.7. The number of hydrogen-bond acceptors (Lipinski definition) is 5. The van der Waals surface area contributed by atoms with E-state index in [1.807, 2.05) is 24.6 Å². The van der Waals surface area contributed by atoms with Crippen molar-refractivity contribution in [3.8, 4) is 0 Å². The van der Waals surface area contributed by atoms with Crippen LogP contribution in [0.25, 0.3) is 0 Å². The SMILES string of the molecule is Cc1cc(C)n(CCNC(=O)c2ccc(CN3CCCC(CO)C3)[nH]c2=O)n1. The minimum atomic E-state index is -0.382. The molecular formula is C20H29N5O3. The van der Waals surface area contributed by atoms with E-state index in [4.69, 9.17) is 0 Å². The molecule has 2 aromatic rings. The molecule has 0 bridgehead atoms. The van der Waals surface area contributed by atoms with Gasteiger partial charge in [0.1, 0.15) is 5.56 Å². The van der Waals surface area contributed by atoms with Crippen LogP contribution in [-0.2, 0) is 13.1 Å². The number of amides is 1. The molecule has 1 aliphatic rings. The van der Waals surface area contributed by atoms with Crippen LogP contribution >= 0.6 is 0 Å². The van der Waals surface area contributed by atoms with Gasteiger partial charge in [0.2, 0.25) is 0 Å². The number of rotatable bonds is 7. The minimum Gasteiger partial charge on any atom is -0.396 e. The number of nitrogens with one attached hydrogen (secondary N) is 2. The highest BCUT2D eigenvalue weighted by atomic mass is 16.3. The number of carbonyl (C=O) groups is 1. The van der Waals surface area contributed by atoms with E-state index < -0.39 is 0 Å². The van der Waals surface area contributed by atoms with Crippen molar-refractivity contribution in [1.82, 2.24) is 25.0 Å². The fraction of sp³-hybridized carbons (Fsp3) is 0.550. The van der Waals surface area contributed by atoms with Crippen LogP contribution in [-0.4, -0.2) is 56.9 Å². The minimum absolute atomic E-state index is 0.115. The number of carbonyl (C=O) groups excluding carboxylic acids is 1. The molecule has 0 saturated carbocycles. The monoisotopic (exact) mass is 387 g/mol. The largest absolute Gasteiger partial charge is 0.396 e. The van der Waals surface area contributed by atoms with Gasteiger partial charge in [-0.15, -0.1) is 0 Å². The highest BCUT2D eigenvalue weighted by Crippen LogP contribution is 2.17. The fourth-order valence-electron chi connectivity index (χ4n) is 3.74. The number of aryl methyl sites for hydroxylation is 2. The molecule has 3 rings (SSSR count). The zero-order valence-corrected chi connectivity index (χ0v) is 16.6. The molecule has 0 aromatic carbocycles. The third-order valence-electron chi connectivity index (χ3n) is 5.18. The molecule has 1 amide bonds. The van der Waals surface area contributed by atoms with Crippen LogP contribution in [0.4, 0.5) is 0 Å². The highest BCUT2D eigenvalue weighted by Gasteiger charge is 2.20. The zero-order chi connectivity index (χ0) is 20.1. The molecule has 8 heteroatoms. The van der Waals surface area contributed by atoms with Crippen molar-refractivity contribution < 1.29 is 9.90 Å². The van der Waals surface area contributed by atoms with Crippen LogP contribution in [0.2, 0.25) is 0 Å².